The Kier molecular flexibility index (Phi) is 7.66. The topological polar surface area (TPSA) is 0 Å². The average Bonchev–Trinajstić information content (AvgIpc) is 2.63. The van der Waals surface area contributed by atoms with E-state index in [0.717, 1.165) is 0 Å². The summed E-state index contributed by atoms with van der Waals surface area (Å²) < 4.78 is 39.0. The van der Waals surface area contributed by atoms with Crippen LogP contribution in [-0.4, -0.2) is 13.5 Å². The summed E-state index contributed by atoms with van der Waals surface area (Å²) in [6.45, 7) is 0. The van der Waals surface area contributed by atoms with Gasteiger partial charge in [0.15, 0.2) is 14.7 Å². The lowest BCUT2D eigenvalue weighted by Crippen LogP contribution is -2.04. The van der Waals surface area contributed by atoms with Crippen molar-refractivity contribution in [3.8, 4) is 0 Å². The lowest BCUT2D eigenvalue weighted by molar-refractivity contribution is 0.368. The minimum atomic E-state index is -6.00. The monoisotopic (exact) mass is 396 g/mol. The summed E-state index contributed by atoms with van der Waals surface area (Å²) in [7, 11) is -6.03. The summed E-state index contributed by atoms with van der Waals surface area (Å²) in [6, 6.07) is 30.5. The molecule has 0 saturated carbocycles. The van der Waals surface area contributed by atoms with Crippen LogP contribution in [0.25, 0.3) is 0 Å². The Balaban J connectivity index is 0.000000431. The maximum absolute atomic E-state index is 9.75. The van der Waals surface area contributed by atoms with Gasteiger partial charge in [0.25, 0.3) is 0 Å². The molecule has 0 spiro atoms. The van der Waals surface area contributed by atoms with E-state index in [1.807, 2.05) is 0 Å². The molecule has 3 aromatic carbocycles. The van der Waals surface area contributed by atoms with E-state index in [1.165, 1.54) is 19.6 Å². The number of halogens is 4. The van der Waals surface area contributed by atoms with Gasteiger partial charge in [-0.15, -0.1) is 11.8 Å². The van der Waals surface area contributed by atoms with Crippen molar-refractivity contribution in [2.75, 3.05) is 6.26 Å². The molecule has 0 aromatic heterocycles. The minimum absolute atomic E-state index is 0.0341. The molecule has 0 fully saturated rings. The zero-order valence-electron chi connectivity index (χ0n) is 14.0. The quantitative estimate of drug-likeness (QED) is 0.202. The van der Waals surface area contributed by atoms with Crippen LogP contribution in [-0.2, 0) is 10.9 Å². The molecule has 0 amide bonds. The molecule has 0 radical (unpaired) electrons. The fourth-order valence-electron chi connectivity index (χ4n) is 2.23. The summed E-state index contributed by atoms with van der Waals surface area (Å²) in [5.74, 6) is 0. The lowest BCUT2D eigenvalue weighted by Gasteiger charge is -2.08. The first kappa shape index (κ1) is 20.5. The van der Waals surface area contributed by atoms with Gasteiger partial charge in [0.2, 0.25) is 0 Å². The second-order valence-corrected chi connectivity index (χ2v) is 8.01. The predicted octanol–water partition coefficient (Wildman–Crippen LogP) is 6.80. The van der Waals surface area contributed by atoms with Crippen molar-refractivity contribution >= 4 is 29.9 Å². The molecule has 0 bridgehead atoms. The van der Waals surface area contributed by atoms with Gasteiger partial charge in [-0.2, -0.15) is 0 Å². The molecule has 0 nitrogen and oxygen atoms in total. The predicted molar refractivity (Wildman–Crippen MR) is 103 cm³/mol. The van der Waals surface area contributed by atoms with Crippen LogP contribution in [0.4, 0.5) is 17.3 Å². The van der Waals surface area contributed by atoms with E-state index >= 15 is 0 Å². The largest absolute Gasteiger partial charge is 0.673 e. The molecule has 0 atom stereocenters. The number of hydrogen-bond acceptors (Lipinski definition) is 1. The molecule has 26 heavy (non-hydrogen) atoms. The summed E-state index contributed by atoms with van der Waals surface area (Å²) >= 11 is 1.78. The van der Waals surface area contributed by atoms with E-state index in [-0.39, 0.29) is 10.9 Å². The van der Waals surface area contributed by atoms with Crippen LogP contribution >= 0.6 is 11.8 Å². The summed E-state index contributed by atoms with van der Waals surface area (Å²) in [6.07, 6.45) is 2.11. The van der Waals surface area contributed by atoms with Crippen LogP contribution in [0, 0.1) is 0 Å². The molecular weight excluding hydrogens is 379 g/mol. The summed E-state index contributed by atoms with van der Waals surface area (Å²) in [5, 5.41) is 0. The maximum atomic E-state index is 9.75. The Morgan fingerprint density at radius 2 is 0.962 bits per heavy atom. The second kappa shape index (κ2) is 9.74. The zero-order chi connectivity index (χ0) is 19.0. The van der Waals surface area contributed by atoms with Crippen molar-refractivity contribution in [1.29, 1.82) is 0 Å². The lowest BCUT2D eigenvalue weighted by atomic mass is 10.3. The van der Waals surface area contributed by atoms with Crippen LogP contribution in [0.1, 0.15) is 0 Å². The first-order chi connectivity index (χ1) is 12.4. The van der Waals surface area contributed by atoms with Crippen molar-refractivity contribution in [2.24, 2.45) is 0 Å². The van der Waals surface area contributed by atoms with Crippen LogP contribution in [0.3, 0.4) is 0 Å². The van der Waals surface area contributed by atoms with E-state index in [9.17, 15) is 17.3 Å². The van der Waals surface area contributed by atoms with Crippen LogP contribution in [0.15, 0.2) is 105 Å². The van der Waals surface area contributed by atoms with Gasteiger partial charge in [-0.3, -0.25) is 0 Å². The third-order valence-corrected chi connectivity index (χ3v) is 6.23. The summed E-state index contributed by atoms with van der Waals surface area (Å²) in [5.41, 5.74) is 0. The molecule has 3 rings (SSSR count). The van der Waals surface area contributed by atoms with Crippen molar-refractivity contribution < 1.29 is 17.3 Å². The zero-order valence-corrected chi connectivity index (χ0v) is 15.6. The third-order valence-electron chi connectivity index (χ3n) is 3.25. The minimum Gasteiger partial charge on any atom is -0.418 e. The smallest absolute Gasteiger partial charge is 0.418 e. The van der Waals surface area contributed by atoms with Crippen molar-refractivity contribution in [1.82, 2.24) is 0 Å². The van der Waals surface area contributed by atoms with Crippen molar-refractivity contribution in [3.63, 3.8) is 0 Å². The highest BCUT2D eigenvalue weighted by atomic mass is 32.2. The van der Waals surface area contributed by atoms with E-state index in [1.54, 1.807) is 11.8 Å². The highest BCUT2D eigenvalue weighted by Gasteiger charge is 2.27. The fraction of sp³-hybridized carbons (Fsp3) is 0.0526. The van der Waals surface area contributed by atoms with Gasteiger partial charge in [0, 0.05) is 4.90 Å². The van der Waals surface area contributed by atoms with E-state index in [0.29, 0.717) is 0 Å². The molecule has 3 aromatic rings. The van der Waals surface area contributed by atoms with Gasteiger partial charge in [-0.25, -0.2) is 0 Å². The molecule has 136 valence electrons. The van der Waals surface area contributed by atoms with Crippen molar-refractivity contribution in [3.05, 3.63) is 84.9 Å². The molecule has 0 saturated heterocycles. The van der Waals surface area contributed by atoms with Gasteiger partial charge in [-0.1, -0.05) is 36.4 Å². The first-order valence-corrected chi connectivity index (χ1v) is 10.2. The molecule has 0 aliphatic heterocycles. The number of benzene rings is 3. The van der Waals surface area contributed by atoms with Gasteiger partial charge >= 0.3 is 7.25 Å². The Labute approximate surface area is 158 Å². The Morgan fingerprint density at radius 3 is 1.31 bits per heavy atom. The number of hydrogen-bond donors (Lipinski definition) is 0. The first-order valence-electron chi connectivity index (χ1n) is 7.74. The molecule has 0 unspecified atom stereocenters. The Morgan fingerprint density at radius 1 is 0.615 bits per heavy atom. The Hall–Kier alpha value is -1.86. The van der Waals surface area contributed by atoms with Crippen LogP contribution in [0.2, 0.25) is 0 Å². The van der Waals surface area contributed by atoms with Gasteiger partial charge in [0.1, 0.15) is 0 Å². The number of rotatable bonds is 4. The molecule has 0 heterocycles. The normalized spacial score (nSPS) is 11.0. The van der Waals surface area contributed by atoms with E-state index < -0.39 is 7.25 Å². The van der Waals surface area contributed by atoms with Gasteiger partial charge < -0.3 is 17.3 Å². The molecule has 0 aliphatic carbocycles. The van der Waals surface area contributed by atoms with Crippen LogP contribution < -0.4 is 0 Å². The van der Waals surface area contributed by atoms with Gasteiger partial charge in [-0.05, 0) is 54.8 Å². The molecule has 0 aliphatic rings. The third kappa shape index (κ3) is 6.80. The second-order valence-electron chi connectivity index (χ2n) is 5.10. The standard InChI is InChI=1S/C19H17S2.BF4/c1-20-16-12-14-19(15-13-16)21(17-8-4-2-5-9-17)18-10-6-3-7-11-18;2-1(3,4)5/h2-15H,1H3;/q+1;-1. The summed E-state index contributed by atoms with van der Waals surface area (Å²) in [4.78, 5) is 5.40. The number of thioether (sulfide) groups is 1. The SMILES string of the molecule is CSc1ccc([S+](c2ccccc2)c2ccccc2)cc1.F[B-](F)(F)F. The van der Waals surface area contributed by atoms with Crippen molar-refractivity contribution in [2.45, 2.75) is 19.6 Å². The maximum Gasteiger partial charge on any atom is 0.673 e. The van der Waals surface area contributed by atoms with E-state index in [2.05, 4.69) is 91.2 Å². The average molecular weight is 396 g/mol. The molecular formula is C19H17BF4S2. The highest BCUT2D eigenvalue weighted by molar-refractivity contribution is 7.98. The Bertz CT molecular complexity index is 733. The van der Waals surface area contributed by atoms with Gasteiger partial charge in [0.05, 0.1) is 10.9 Å². The molecule has 0 N–H and O–H groups in total. The molecule has 7 heteroatoms. The van der Waals surface area contributed by atoms with Crippen LogP contribution in [0.5, 0.6) is 0 Å². The van der Waals surface area contributed by atoms with E-state index in [4.69, 9.17) is 0 Å². The highest BCUT2D eigenvalue weighted by Crippen LogP contribution is 2.31. The fourth-order valence-corrected chi connectivity index (χ4v) is 4.72.